The average Bonchev–Trinajstić information content (AvgIpc) is 3.11. The minimum atomic E-state index is 0.156. The molecule has 0 radical (unpaired) electrons. The predicted molar refractivity (Wildman–Crippen MR) is 74.9 cm³/mol. The van der Waals surface area contributed by atoms with Gasteiger partial charge in [-0.25, -0.2) is 9.97 Å². The highest BCUT2D eigenvalue weighted by molar-refractivity contribution is 5.89. The summed E-state index contributed by atoms with van der Waals surface area (Å²) in [6.45, 7) is 6.66. The van der Waals surface area contributed by atoms with Crippen LogP contribution in [0.4, 0.5) is 5.82 Å². The van der Waals surface area contributed by atoms with Gasteiger partial charge in [-0.2, -0.15) is 0 Å². The average molecular weight is 241 g/mol. The lowest BCUT2D eigenvalue weighted by atomic mass is 9.86. The Labute approximate surface area is 108 Å². The quantitative estimate of drug-likeness (QED) is 0.874. The van der Waals surface area contributed by atoms with Crippen molar-refractivity contribution < 1.29 is 0 Å². The first kappa shape index (κ1) is 11.5. The first-order valence-corrected chi connectivity index (χ1v) is 6.56. The Balaban J connectivity index is 2.06. The number of hydrogen-bond donors (Lipinski definition) is 1. The third kappa shape index (κ3) is 2.17. The molecule has 94 valence electrons. The molecule has 3 heteroatoms. The van der Waals surface area contributed by atoms with Crippen molar-refractivity contribution in [2.75, 3.05) is 5.32 Å². The van der Waals surface area contributed by atoms with Crippen LogP contribution < -0.4 is 5.32 Å². The van der Waals surface area contributed by atoms with Crippen LogP contribution in [0.15, 0.2) is 24.5 Å². The number of fused-ring (bicyclic) bond motifs is 1. The van der Waals surface area contributed by atoms with E-state index in [0.717, 1.165) is 16.7 Å². The van der Waals surface area contributed by atoms with Crippen molar-refractivity contribution in [3.8, 4) is 0 Å². The Bertz CT molecular complexity index is 580. The molecule has 1 aromatic heterocycles. The molecule has 0 unspecified atom stereocenters. The fourth-order valence-electron chi connectivity index (χ4n) is 2.06. The van der Waals surface area contributed by atoms with Gasteiger partial charge < -0.3 is 5.32 Å². The molecule has 0 bridgehead atoms. The van der Waals surface area contributed by atoms with Gasteiger partial charge in [0.1, 0.15) is 12.1 Å². The fraction of sp³-hybridized carbons (Fsp3) is 0.467. The van der Waals surface area contributed by atoms with E-state index in [1.807, 2.05) is 0 Å². The summed E-state index contributed by atoms with van der Waals surface area (Å²) in [5, 5.41) is 4.59. The smallest absolute Gasteiger partial charge is 0.137 e. The molecule has 18 heavy (non-hydrogen) atoms. The van der Waals surface area contributed by atoms with Gasteiger partial charge in [0.25, 0.3) is 0 Å². The number of hydrogen-bond acceptors (Lipinski definition) is 3. The monoisotopic (exact) mass is 241 g/mol. The van der Waals surface area contributed by atoms with E-state index >= 15 is 0 Å². The van der Waals surface area contributed by atoms with Crippen LogP contribution in [0.3, 0.4) is 0 Å². The highest BCUT2D eigenvalue weighted by Crippen LogP contribution is 2.30. The summed E-state index contributed by atoms with van der Waals surface area (Å²) < 4.78 is 0. The van der Waals surface area contributed by atoms with Gasteiger partial charge in [0, 0.05) is 11.4 Å². The zero-order chi connectivity index (χ0) is 12.8. The molecular weight excluding hydrogens is 222 g/mol. The lowest BCUT2D eigenvalue weighted by Gasteiger charge is -2.19. The minimum absolute atomic E-state index is 0.156. The lowest BCUT2D eigenvalue weighted by molar-refractivity contribution is 0.591. The van der Waals surface area contributed by atoms with Crippen molar-refractivity contribution >= 4 is 16.7 Å². The van der Waals surface area contributed by atoms with E-state index in [1.54, 1.807) is 6.33 Å². The second-order valence-electron chi connectivity index (χ2n) is 6.12. The molecule has 1 saturated carbocycles. The van der Waals surface area contributed by atoms with Crippen molar-refractivity contribution in [1.82, 2.24) is 9.97 Å². The molecule has 1 N–H and O–H groups in total. The molecule has 0 aliphatic heterocycles. The third-order valence-corrected chi connectivity index (χ3v) is 3.42. The Kier molecular flexibility index (Phi) is 2.51. The lowest BCUT2D eigenvalue weighted by Crippen LogP contribution is -2.11. The van der Waals surface area contributed by atoms with Gasteiger partial charge in [-0.3, -0.25) is 0 Å². The largest absolute Gasteiger partial charge is 0.367 e. The van der Waals surface area contributed by atoms with Crippen molar-refractivity contribution in [2.45, 2.75) is 45.1 Å². The molecule has 1 aromatic carbocycles. The van der Waals surface area contributed by atoms with Gasteiger partial charge in [0.15, 0.2) is 0 Å². The van der Waals surface area contributed by atoms with Crippen molar-refractivity contribution in [1.29, 1.82) is 0 Å². The van der Waals surface area contributed by atoms with Gasteiger partial charge >= 0.3 is 0 Å². The Morgan fingerprint density at radius 3 is 2.61 bits per heavy atom. The molecule has 1 aliphatic rings. The summed E-state index contributed by atoms with van der Waals surface area (Å²) in [7, 11) is 0. The summed E-state index contributed by atoms with van der Waals surface area (Å²) in [6, 6.07) is 7.12. The molecule has 1 aliphatic carbocycles. The van der Waals surface area contributed by atoms with Crippen molar-refractivity contribution in [2.24, 2.45) is 0 Å². The summed E-state index contributed by atoms with van der Waals surface area (Å²) in [5.74, 6) is 0.975. The second-order valence-corrected chi connectivity index (χ2v) is 6.12. The topological polar surface area (TPSA) is 37.8 Å². The Hall–Kier alpha value is -1.64. The van der Waals surface area contributed by atoms with Crippen LogP contribution in [0.1, 0.15) is 39.2 Å². The van der Waals surface area contributed by atoms with E-state index in [-0.39, 0.29) is 5.41 Å². The standard InChI is InChI=1S/C15H19N3/c1-15(2,3)10-4-7-12-13(8-10)16-9-17-14(12)18-11-5-6-11/h4,7-9,11H,5-6H2,1-3H3,(H,16,17,18). The van der Waals surface area contributed by atoms with Gasteiger partial charge in [-0.15, -0.1) is 0 Å². The number of nitrogens with one attached hydrogen (secondary N) is 1. The first-order valence-electron chi connectivity index (χ1n) is 6.56. The zero-order valence-electron chi connectivity index (χ0n) is 11.2. The molecule has 0 amide bonds. The molecule has 3 nitrogen and oxygen atoms in total. The van der Waals surface area contributed by atoms with E-state index in [4.69, 9.17) is 0 Å². The summed E-state index contributed by atoms with van der Waals surface area (Å²) in [4.78, 5) is 8.75. The third-order valence-electron chi connectivity index (χ3n) is 3.42. The summed E-state index contributed by atoms with van der Waals surface area (Å²) in [6.07, 6.45) is 4.16. The van der Waals surface area contributed by atoms with E-state index in [1.165, 1.54) is 18.4 Å². The van der Waals surface area contributed by atoms with Crippen molar-refractivity contribution in [3.05, 3.63) is 30.1 Å². The number of anilines is 1. The number of aromatic nitrogens is 2. The first-order chi connectivity index (χ1) is 8.54. The number of nitrogens with zero attached hydrogens (tertiary/aromatic N) is 2. The summed E-state index contributed by atoms with van der Waals surface area (Å²) >= 11 is 0. The van der Waals surface area contributed by atoms with Crippen LogP contribution in [0.2, 0.25) is 0 Å². The zero-order valence-corrected chi connectivity index (χ0v) is 11.2. The summed E-state index contributed by atoms with van der Waals surface area (Å²) in [5.41, 5.74) is 2.50. The van der Waals surface area contributed by atoms with Crippen LogP contribution in [0.25, 0.3) is 10.9 Å². The van der Waals surface area contributed by atoms with E-state index in [0.29, 0.717) is 6.04 Å². The molecule has 2 aromatic rings. The van der Waals surface area contributed by atoms with Gasteiger partial charge in [0.2, 0.25) is 0 Å². The van der Waals surface area contributed by atoms with Crippen LogP contribution in [0, 0.1) is 0 Å². The maximum Gasteiger partial charge on any atom is 0.137 e. The maximum absolute atomic E-state index is 4.39. The van der Waals surface area contributed by atoms with Gasteiger partial charge in [0.05, 0.1) is 5.52 Å². The predicted octanol–water partition coefficient (Wildman–Crippen LogP) is 3.50. The molecule has 0 spiro atoms. The SMILES string of the molecule is CC(C)(C)c1ccc2c(NC3CC3)ncnc2c1. The van der Waals surface area contributed by atoms with Crippen LogP contribution in [-0.2, 0) is 5.41 Å². The van der Waals surface area contributed by atoms with Gasteiger partial charge in [-0.1, -0.05) is 26.8 Å². The normalized spacial score (nSPS) is 15.9. The second kappa shape index (κ2) is 3.94. The molecule has 3 rings (SSSR count). The minimum Gasteiger partial charge on any atom is -0.367 e. The fourth-order valence-corrected chi connectivity index (χ4v) is 2.06. The van der Waals surface area contributed by atoms with Crippen LogP contribution in [-0.4, -0.2) is 16.0 Å². The Morgan fingerprint density at radius 2 is 1.94 bits per heavy atom. The highest BCUT2D eigenvalue weighted by Gasteiger charge is 2.22. The molecule has 0 atom stereocenters. The highest BCUT2D eigenvalue weighted by atomic mass is 15.1. The molecular formula is C15H19N3. The molecule has 1 heterocycles. The molecule has 0 saturated heterocycles. The van der Waals surface area contributed by atoms with Crippen LogP contribution in [0.5, 0.6) is 0 Å². The Morgan fingerprint density at radius 1 is 1.17 bits per heavy atom. The molecule has 1 fully saturated rings. The number of rotatable bonds is 2. The van der Waals surface area contributed by atoms with Crippen LogP contribution >= 0.6 is 0 Å². The van der Waals surface area contributed by atoms with Crippen molar-refractivity contribution in [3.63, 3.8) is 0 Å². The van der Waals surface area contributed by atoms with E-state index < -0.39 is 0 Å². The van der Waals surface area contributed by atoms with E-state index in [2.05, 4.69) is 54.3 Å². The van der Waals surface area contributed by atoms with E-state index in [9.17, 15) is 0 Å². The van der Waals surface area contributed by atoms with Gasteiger partial charge in [-0.05, 0) is 36.0 Å². The number of benzene rings is 1. The maximum atomic E-state index is 4.39.